The van der Waals surface area contributed by atoms with E-state index in [0.29, 0.717) is 16.6 Å². The first-order valence-electron chi connectivity index (χ1n) is 4.69. The molecule has 17 heavy (non-hydrogen) atoms. The summed E-state index contributed by atoms with van der Waals surface area (Å²) in [5.41, 5.74) is 0.472. The number of halogens is 4. The van der Waals surface area contributed by atoms with Crippen molar-refractivity contribution in [2.75, 3.05) is 5.32 Å². The summed E-state index contributed by atoms with van der Waals surface area (Å²) in [6.07, 6.45) is 0. The second-order valence-corrected chi connectivity index (χ2v) is 6.82. The van der Waals surface area contributed by atoms with E-state index in [1.807, 2.05) is 6.07 Å². The minimum Gasteiger partial charge on any atom is -0.378 e. The molecule has 1 heterocycles. The molecule has 0 saturated heterocycles. The van der Waals surface area contributed by atoms with E-state index >= 15 is 0 Å². The van der Waals surface area contributed by atoms with E-state index in [4.69, 9.17) is 11.6 Å². The summed E-state index contributed by atoms with van der Waals surface area (Å²) in [5, 5.41) is 3.04. The highest BCUT2D eigenvalue weighted by molar-refractivity contribution is 9.10. The molecule has 0 bridgehead atoms. The first kappa shape index (κ1) is 13.3. The Morgan fingerprint density at radius 1 is 1.29 bits per heavy atom. The lowest BCUT2D eigenvalue weighted by atomic mass is 10.3. The van der Waals surface area contributed by atoms with Gasteiger partial charge in [0.2, 0.25) is 0 Å². The van der Waals surface area contributed by atoms with Crippen LogP contribution in [0.25, 0.3) is 0 Å². The SMILES string of the molecule is Fc1ccc(Br)cc1NCc1cc(Br)c(Cl)s1. The number of nitrogens with one attached hydrogen (secondary N) is 1. The average Bonchev–Trinajstić information content (AvgIpc) is 2.60. The van der Waals surface area contributed by atoms with E-state index in [2.05, 4.69) is 37.2 Å². The molecule has 0 aliphatic heterocycles. The molecule has 1 nitrogen and oxygen atoms in total. The molecule has 0 aliphatic rings. The predicted molar refractivity (Wildman–Crippen MR) is 78.5 cm³/mol. The Labute approximate surface area is 124 Å². The molecule has 2 aromatic rings. The Bertz CT molecular complexity index is 525. The van der Waals surface area contributed by atoms with Crippen LogP contribution in [-0.2, 0) is 6.54 Å². The number of hydrogen-bond acceptors (Lipinski definition) is 2. The molecule has 2 rings (SSSR count). The van der Waals surface area contributed by atoms with Gasteiger partial charge in [-0.2, -0.15) is 0 Å². The van der Waals surface area contributed by atoms with Gasteiger partial charge in [-0.3, -0.25) is 0 Å². The molecule has 0 atom stereocenters. The number of benzene rings is 1. The smallest absolute Gasteiger partial charge is 0.146 e. The van der Waals surface area contributed by atoms with Crippen LogP contribution in [-0.4, -0.2) is 0 Å². The van der Waals surface area contributed by atoms with Crippen molar-refractivity contribution in [1.82, 2.24) is 0 Å². The molecule has 0 radical (unpaired) electrons. The highest BCUT2D eigenvalue weighted by Crippen LogP contribution is 2.32. The lowest BCUT2D eigenvalue weighted by molar-refractivity contribution is 0.630. The molecule has 0 amide bonds. The fourth-order valence-electron chi connectivity index (χ4n) is 1.29. The van der Waals surface area contributed by atoms with E-state index in [-0.39, 0.29) is 5.82 Å². The first-order chi connectivity index (χ1) is 8.06. The summed E-state index contributed by atoms with van der Waals surface area (Å²) >= 11 is 14.0. The number of hydrogen-bond donors (Lipinski definition) is 1. The zero-order valence-corrected chi connectivity index (χ0v) is 13.2. The van der Waals surface area contributed by atoms with Gasteiger partial charge >= 0.3 is 0 Å². The molecule has 90 valence electrons. The quantitative estimate of drug-likeness (QED) is 0.700. The van der Waals surface area contributed by atoms with Crippen LogP contribution in [0.4, 0.5) is 10.1 Å². The Kier molecular flexibility index (Phi) is 4.47. The molecule has 0 fully saturated rings. The van der Waals surface area contributed by atoms with Crippen molar-refractivity contribution in [2.24, 2.45) is 0 Å². The molecule has 0 saturated carbocycles. The van der Waals surface area contributed by atoms with E-state index in [9.17, 15) is 4.39 Å². The van der Waals surface area contributed by atoms with Gasteiger partial charge in [0, 0.05) is 20.4 Å². The minimum absolute atomic E-state index is 0.269. The summed E-state index contributed by atoms with van der Waals surface area (Å²) in [5.74, 6) is -0.269. The summed E-state index contributed by atoms with van der Waals surface area (Å²) in [6, 6.07) is 6.72. The number of thiophene rings is 1. The molecule has 1 aromatic heterocycles. The summed E-state index contributed by atoms with van der Waals surface area (Å²) in [7, 11) is 0. The maximum absolute atomic E-state index is 13.4. The third-order valence-corrected chi connectivity index (χ3v) is 5.05. The average molecular weight is 400 g/mol. The van der Waals surface area contributed by atoms with Crippen molar-refractivity contribution in [1.29, 1.82) is 0 Å². The van der Waals surface area contributed by atoms with E-state index in [1.165, 1.54) is 17.4 Å². The lowest BCUT2D eigenvalue weighted by Gasteiger charge is -2.06. The fourth-order valence-corrected chi connectivity index (χ4v) is 3.39. The van der Waals surface area contributed by atoms with Crippen molar-refractivity contribution in [3.63, 3.8) is 0 Å². The van der Waals surface area contributed by atoms with Crippen LogP contribution in [0, 0.1) is 5.82 Å². The number of anilines is 1. The highest BCUT2D eigenvalue weighted by atomic mass is 79.9. The van der Waals surface area contributed by atoms with Crippen LogP contribution in [0.2, 0.25) is 4.34 Å². The zero-order valence-electron chi connectivity index (χ0n) is 8.44. The monoisotopic (exact) mass is 397 g/mol. The van der Waals surface area contributed by atoms with Crippen LogP contribution in [0.1, 0.15) is 4.88 Å². The van der Waals surface area contributed by atoms with Crippen LogP contribution < -0.4 is 5.32 Å². The third-order valence-electron chi connectivity index (χ3n) is 2.08. The normalized spacial score (nSPS) is 10.6. The van der Waals surface area contributed by atoms with E-state index in [0.717, 1.165) is 13.8 Å². The zero-order chi connectivity index (χ0) is 12.4. The maximum Gasteiger partial charge on any atom is 0.146 e. The van der Waals surface area contributed by atoms with Gasteiger partial charge < -0.3 is 5.32 Å². The third kappa shape index (κ3) is 3.44. The largest absolute Gasteiger partial charge is 0.378 e. The molecule has 1 N–H and O–H groups in total. The van der Waals surface area contributed by atoms with Crippen molar-refractivity contribution < 1.29 is 4.39 Å². The molecular formula is C11H7Br2ClFNS. The van der Waals surface area contributed by atoms with Gasteiger partial charge in [0.1, 0.15) is 10.2 Å². The van der Waals surface area contributed by atoms with Crippen molar-refractivity contribution >= 4 is 60.5 Å². The molecule has 0 spiro atoms. The summed E-state index contributed by atoms with van der Waals surface area (Å²) in [6.45, 7) is 0.545. The van der Waals surface area contributed by atoms with E-state index in [1.54, 1.807) is 12.1 Å². The Hall–Kier alpha value is -0.100. The molecular weight excluding hydrogens is 392 g/mol. The van der Waals surface area contributed by atoms with Gasteiger partial charge in [0.05, 0.1) is 5.69 Å². The van der Waals surface area contributed by atoms with Gasteiger partial charge in [-0.25, -0.2) is 4.39 Å². The molecule has 1 aromatic carbocycles. The minimum atomic E-state index is -0.269. The van der Waals surface area contributed by atoms with Crippen molar-refractivity contribution in [3.8, 4) is 0 Å². The highest BCUT2D eigenvalue weighted by Gasteiger charge is 2.06. The van der Waals surface area contributed by atoms with Gasteiger partial charge in [0.25, 0.3) is 0 Å². The van der Waals surface area contributed by atoms with Crippen LogP contribution in [0.3, 0.4) is 0 Å². The Morgan fingerprint density at radius 2 is 2.06 bits per heavy atom. The second kappa shape index (κ2) is 5.69. The van der Waals surface area contributed by atoms with Crippen LogP contribution >= 0.6 is 54.8 Å². The van der Waals surface area contributed by atoms with Gasteiger partial charge in [-0.1, -0.05) is 27.5 Å². The van der Waals surface area contributed by atoms with Gasteiger partial charge in [0.15, 0.2) is 0 Å². The standard InChI is InChI=1S/C11H7Br2ClFNS/c12-6-1-2-9(15)10(3-6)16-5-7-4-8(13)11(14)17-7/h1-4,16H,5H2. The topological polar surface area (TPSA) is 12.0 Å². The Morgan fingerprint density at radius 3 is 2.71 bits per heavy atom. The number of rotatable bonds is 3. The second-order valence-electron chi connectivity index (χ2n) is 3.31. The Balaban J connectivity index is 2.09. The van der Waals surface area contributed by atoms with Gasteiger partial charge in [-0.05, 0) is 40.2 Å². The maximum atomic E-state index is 13.4. The van der Waals surface area contributed by atoms with Crippen molar-refractivity contribution in [2.45, 2.75) is 6.54 Å². The molecule has 0 unspecified atom stereocenters. The summed E-state index contributed by atoms with van der Waals surface area (Å²) < 4.78 is 15.9. The van der Waals surface area contributed by atoms with Crippen LogP contribution in [0.5, 0.6) is 0 Å². The van der Waals surface area contributed by atoms with E-state index < -0.39 is 0 Å². The summed E-state index contributed by atoms with van der Waals surface area (Å²) in [4.78, 5) is 1.04. The first-order valence-corrected chi connectivity index (χ1v) is 7.47. The molecule has 0 aliphatic carbocycles. The van der Waals surface area contributed by atoms with Gasteiger partial charge in [-0.15, -0.1) is 11.3 Å². The molecule has 6 heteroatoms. The lowest BCUT2D eigenvalue weighted by Crippen LogP contribution is -1.99. The fraction of sp³-hybridized carbons (Fsp3) is 0.0909. The van der Waals surface area contributed by atoms with Crippen molar-refractivity contribution in [3.05, 3.63) is 48.2 Å². The predicted octanol–water partition coefficient (Wildman–Crippen LogP) is 5.68. The van der Waals surface area contributed by atoms with Crippen LogP contribution in [0.15, 0.2) is 33.2 Å².